The average Bonchev–Trinajstić information content (AvgIpc) is 3.16. The molecule has 5 heteroatoms. The molecule has 0 bridgehead atoms. The summed E-state index contributed by atoms with van der Waals surface area (Å²) in [6.07, 6.45) is 0. The van der Waals surface area contributed by atoms with Crippen molar-refractivity contribution in [1.82, 2.24) is 9.97 Å². The van der Waals surface area contributed by atoms with Gasteiger partial charge >= 0.3 is 7.12 Å². The van der Waals surface area contributed by atoms with Crippen LogP contribution in [0.3, 0.4) is 0 Å². The number of nitrogens with zero attached hydrogens (tertiary/aromatic N) is 2. The maximum absolute atomic E-state index is 9.75. The Labute approximate surface area is 212 Å². The van der Waals surface area contributed by atoms with E-state index >= 15 is 0 Å². The quantitative estimate of drug-likeness (QED) is 0.317. The summed E-state index contributed by atoms with van der Waals surface area (Å²) in [5.74, 6) is 0.685. The van der Waals surface area contributed by atoms with E-state index in [0.29, 0.717) is 11.3 Å². The fourth-order valence-electron chi connectivity index (χ4n) is 5.17. The van der Waals surface area contributed by atoms with Crippen molar-refractivity contribution < 1.29 is 10.0 Å². The van der Waals surface area contributed by atoms with E-state index in [0.717, 1.165) is 44.4 Å². The summed E-state index contributed by atoms with van der Waals surface area (Å²) in [5.41, 5.74) is 8.50. The lowest BCUT2D eigenvalue weighted by atomic mass is 9.75. The van der Waals surface area contributed by atoms with Gasteiger partial charge in [0, 0.05) is 21.9 Å². The standard InChI is InChI=1S/C29H23BN2O2.C2H6/c1-29(2)23-13-8-12-22(26(23)20-16-15-19(30(33)34)17-24(20)29)28-31-25-14-7-6-11-21(25)27(32-28)18-9-4-3-5-10-18;1-2/h3-17,33-34H,1-2H3;1-2H3. The Bertz CT molecular complexity index is 1560. The van der Waals surface area contributed by atoms with E-state index in [1.54, 1.807) is 6.07 Å². The lowest BCUT2D eigenvalue weighted by molar-refractivity contribution is 0.425. The number of rotatable bonds is 3. The van der Waals surface area contributed by atoms with E-state index in [1.165, 1.54) is 5.56 Å². The van der Waals surface area contributed by atoms with Gasteiger partial charge in [0.1, 0.15) is 0 Å². The minimum Gasteiger partial charge on any atom is -0.423 e. The molecule has 5 aromatic rings. The molecular weight excluding hydrogens is 443 g/mol. The van der Waals surface area contributed by atoms with Gasteiger partial charge in [0.05, 0.1) is 11.2 Å². The molecule has 0 fully saturated rings. The molecule has 0 unspecified atom stereocenters. The van der Waals surface area contributed by atoms with Gasteiger partial charge in [0.15, 0.2) is 5.82 Å². The van der Waals surface area contributed by atoms with E-state index < -0.39 is 7.12 Å². The summed E-state index contributed by atoms with van der Waals surface area (Å²) < 4.78 is 0. The molecule has 1 heterocycles. The molecule has 0 saturated carbocycles. The molecule has 4 aromatic carbocycles. The molecule has 0 spiro atoms. The molecule has 6 rings (SSSR count). The minimum absolute atomic E-state index is 0.287. The molecule has 4 nitrogen and oxygen atoms in total. The summed E-state index contributed by atoms with van der Waals surface area (Å²) in [5, 5.41) is 20.5. The third kappa shape index (κ3) is 3.81. The fraction of sp³-hybridized carbons (Fsp3) is 0.161. The molecule has 36 heavy (non-hydrogen) atoms. The van der Waals surface area contributed by atoms with Crippen molar-refractivity contribution in [2.24, 2.45) is 0 Å². The maximum atomic E-state index is 9.75. The van der Waals surface area contributed by atoms with Crippen LogP contribution >= 0.6 is 0 Å². The number of para-hydroxylation sites is 1. The summed E-state index contributed by atoms with van der Waals surface area (Å²) >= 11 is 0. The molecule has 0 radical (unpaired) electrons. The van der Waals surface area contributed by atoms with Crippen molar-refractivity contribution in [2.45, 2.75) is 33.1 Å². The van der Waals surface area contributed by atoms with Crippen LogP contribution < -0.4 is 5.46 Å². The van der Waals surface area contributed by atoms with Crippen LogP contribution in [0.1, 0.15) is 38.8 Å². The molecule has 2 N–H and O–H groups in total. The van der Waals surface area contributed by atoms with Crippen molar-refractivity contribution in [2.75, 3.05) is 0 Å². The van der Waals surface area contributed by atoms with Gasteiger partial charge in [-0.05, 0) is 33.8 Å². The Balaban J connectivity index is 0.00000130. The molecule has 1 aromatic heterocycles. The summed E-state index contributed by atoms with van der Waals surface area (Å²) in [7, 11) is -1.50. The Hall–Kier alpha value is -3.80. The number of hydrogen-bond donors (Lipinski definition) is 2. The third-order valence-corrected chi connectivity index (χ3v) is 6.91. The molecule has 1 aliphatic carbocycles. The van der Waals surface area contributed by atoms with E-state index in [9.17, 15) is 10.0 Å². The van der Waals surface area contributed by atoms with Crippen LogP contribution in [0.5, 0.6) is 0 Å². The van der Waals surface area contributed by atoms with Crippen LogP contribution in [0.2, 0.25) is 0 Å². The topological polar surface area (TPSA) is 66.2 Å². The van der Waals surface area contributed by atoms with Crippen LogP contribution in [-0.2, 0) is 5.41 Å². The molecule has 1 aliphatic rings. The van der Waals surface area contributed by atoms with E-state index in [2.05, 4.69) is 50.2 Å². The lowest BCUT2D eigenvalue weighted by Gasteiger charge is -2.22. The number of hydrogen-bond acceptors (Lipinski definition) is 4. The molecule has 0 amide bonds. The number of benzene rings is 4. The predicted octanol–water partition coefficient (Wildman–Crippen LogP) is 5.98. The summed E-state index contributed by atoms with van der Waals surface area (Å²) in [6.45, 7) is 8.34. The van der Waals surface area contributed by atoms with Gasteiger partial charge in [-0.15, -0.1) is 0 Å². The highest BCUT2D eigenvalue weighted by atomic mass is 16.4. The number of fused-ring (bicyclic) bond motifs is 4. The Kier molecular flexibility index (Phi) is 6.21. The van der Waals surface area contributed by atoms with E-state index in [4.69, 9.17) is 9.97 Å². The van der Waals surface area contributed by atoms with Crippen LogP contribution in [-0.4, -0.2) is 27.1 Å². The first-order chi connectivity index (χ1) is 17.4. The van der Waals surface area contributed by atoms with Crippen LogP contribution in [0, 0.1) is 0 Å². The maximum Gasteiger partial charge on any atom is 0.488 e. The van der Waals surface area contributed by atoms with E-state index in [1.807, 2.05) is 62.4 Å². The SMILES string of the molecule is CC.CC1(C)c2cc(B(O)O)ccc2-c2c(-c3nc(-c4ccccc4)c4ccccc4n3)cccc21. The van der Waals surface area contributed by atoms with Crippen molar-refractivity contribution in [3.8, 4) is 33.8 Å². The van der Waals surface area contributed by atoms with Crippen molar-refractivity contribution >= 4 is 23.5 Å². The van der Waals surface area contributed by atoms with Gasteiger partial charge in [0.25, 0.3) is 0 Å². The van der Waals surface area contributed by atoms with Gasteiger partial charge < -0.3 is 10.0 Å². The molecular formula is C31H29BN2O2. The molecule has 0 aliphatic heterocycles. The zero-order valence-corrected chi connectivity index (χ0v) is 21.0. The highest BCUT2D eigenvalue weighted by molar-refractivity contribution is 6.58. The highest BCUT2D eigenvalue weighted by Gasteiger charge is 2.38. The monoisotopic (exact) mass is 472 g/mol. The molecule has 0 atom stereocenters. The third-order valence-electron chi connectivity index (χ3n) is 6.91. The first-order valence-electron chi connectivity index (χ1n) is 12.4. The fourth-order valence-corrected chi connectivity index (χ4v) is 5.17. The second kappa shape index (κ2) is 9.34. The average molecular weight is 472 g/mol. The van der Waals surface area contributed by atoms with Gasteiger partial charge in [-0.2, -0.15) is 0 Å². The van der Waals surface area contributed by atoms with Crippen molar-refractivity contribution in [3.63, 3.8) is 0 Å². The van der Waals surface area contributed by atoms with Crippen LogP contribution in [0.15, 0.2) is 91.0 Å². The zero-order chi connectivity index (χ0) is 25.4. The smallest absolute Gasteiger partial charge is 0.423 e. The largest absolute Gasteiger partial charge is 0.488 e. The Morgan fingerprint density at radius 1 is 0.694 bits per heavy atom. The zero-order valence-electron chi connectivity index (χ0n) is 21.0. The van der Waals surface area contributed by atoms with Gasteiger partial charge in [-0.25, -0.2) is 9.97 Å². The minimum atomic E-state index is -1.50. The van der Waals surface area contributed by atoms with Gasteiger partial charge in [-0.3, -0.25) is 0 Å². The first kappa shape index (κ1) is 23.9. The predicted molar refractivity (Wildman–Crippen MR) is 149 cm³/mol. The lowest BCUT2D eigenvalue weighted by Crippen LogP contribution is -2.31. The summed E-state index contributed by atoms with van der Waals surface area (Å²) in [6, 6.07) is 30.3. The van der Waals surface area contributed by atoms with Crippen molar-refractivity contribution in [1.29, 1.82) is 0 Å². The van der Waals surface area contributed by atoms with Crippen molar-refractivity contribution in [3.05, 3.63) is 102 Å². The van der Waals surface area contributed by atoms with E-state index in [-0.39, 0.29) is 5.41 Å². The normalized spacial score (nSPS) is 12.9. The van der Waals surface area contributed by atoms with Crippen LogP contribution in [0.4, 0.5) is 0 Å². The molecule has 0 saturated heterocycles. The van der Waals surface area contributed by atoms with Crippen LogP contribution in [0.25, 0.3) is 44.7 Å². The first-order valence-corrected chi connectivity index (χ1v) is 12.4. The Morgan fingerprint density at radius 2 is 1.42 bits per heavy atom. The molecule has 178 valence electrons. The van der Waals surface area contributed by atoms with Gasteiger partial charge in [0.2, 0.25) is 0 Å². The summed E-state index contributed by atoms with van der Waals surface area (Å²) in [4.78, 5) is 10.1. The highest BCUT2D eigenvalue weighted by Crippen LogP contribution is 2.51. The van der Waals surface area contributed by atoms with Gasteiger partial charge in [-0.1, -0.05) is 113 Å². The second-order valence-corrected chi connectivity index (χ2v) is 9.31. The number of aromatic nitrogens is 2. The second-order valence-electron chi connectivity index (χ2n) is 9.31. The Morgan fingerprint density at radius 3 is 2.17 bits per heavy atom.